The standard InChI is InChI=1S/C7H13FO2.C6H15N/c1-6(2)4-10-5-7(9)3-8;1-4-7(5-2)6-3/h7,9H,1,3-5H2,2H3;4-6H2,1-3H3. The highest BCUT2D eigenvalue weighted by atomic mass is 19.1. The van der Waals surface area contributed by atoms with Crippen LogP contribution in [0.3, 0.4) is 0 Å². The van der Waals surface area contributed by atoms with Gasteiger partial charge in [-0.25, -0.2) is 4.39 Å². The molecule has 4 heteroatoms. The summed E-state index contributed by atoms with van der Waals surface area (Å²) in [4.78, 5) is 2.38. The molecule has 1 N–H and O–H groups in total. The lowest BCUT2D eigenvalue weighted by Crippen LogP contribution is -2.21. The van der Waals surface area contributed by atoms with Crippen LogP contribution in [0.2, 0.25) is 0 Å². The molecule has 0 aliphatic carbocycles. The van der Waals surface area contributed by atoms with Crippen molar-refractivity contribution in [2.45, 2.75) is 33.8 Å². The molecule has 0 aromatic rings. The quantitative estimate of drug-likeness (QED) is 0.670. The fourth-order valence-electron chi connectivity index (χ4n) is 1.08. The first-order valence-electron chi connectivity index (χ1n) is 6.20. The van der Waals surface area contributed by atoms with Crippen molar-refractivity contribution in [2.24, 2.45) is 0 Å². The minimum atomic E-state index is -0.987. The number of aliphatic hydroxyl groups excluding tert-OH is 1. The topological polar surface area (TPSA) is 32.7 Å². The predicted molar refractivity (Wildman–Crippen MR) is 71.1 cm³/mol. The predicted octanol–water partition coefficient (Wildman–Crippen LogP) is 2.26. The molecule has 3 nitrogen and oxygen atoms in total. The maximum atomic E-state index is 11.6. The number of nitrogens with zero attached hydrogens (tertiary/aromatic N) is 1. The molecular formula is C13H28FNO2. The van der Waals surface area contributed by atoms with Crippen molar-refractivity contribution in [1.29, 1.82) is 0 Å². The monoisotopic (exact) mass is 249 g/mol. The first-order valence-corrected chi connectivity index (χ1v) is 6.20. The van der Waals surface area contributed by atoms with Gasteiger partial charge in [0.05, 0.1) is 13.2 Å². The summed E-state index contributed by atoms with van der Waals surface area (Å²) in [6.45, 7) is 15.2. The summed E-state index contributed by atoms with van der Waals surface area (Å²) in [7, 11) is 0. The Morgan fingerprint density at radius 1 is 1.29 bits per heavy atom. The number of aliphatic hydroxyl groups is 1. The third-order valence-electron chi connectivity index (χ3n) is 2.18. The van der Waals surface area contributed by atoms with Crippen molar-refractivity contribution in [2.75, 3.05) is 39.5 Å². The van der Waals surface area contributed by atoms with Crippen molar-refractivity contribution in [3.63, 3.8) is 0 Å². The van der Waals surface area contributed by atoms with Crippen LogP contribution in [0.4, 0.5) is 4.39 Å². The van der Waals surface area contributed by atoms with Gasteiger partial charge in [-0.15, -0.1) is 0 Å². The van der Waals surface area contributed by atoms with E-state index in [-0.39, 0.29) is 6.61 Å². The normalized spacial score (nSPS) is 11.9. The zero-order chi connectivity index (χ0) is 13.7. The van der Waals surface area contributed by atoms with Crippen molar-refractivity contribution < 1.29 is 14.2 Å². The average molecular weight is 249 g/mol. The molecule has 0 bridgehead atoms. The van der Waals surface area contributed by atoms with E-state index >= 15 is 0 Å². The number of alkyl halides is 1. The van der Waals surface area contributed by atoms with Gasteiger partial charge >= 0.3 is 0 Å². The molecule has 1 atom stereocenters. The molecule has 0 saturated heterocycles. The molecule has 0 saturated carbocycles. The van der Waals surface area contributed by atoms with Crippen molar-refractivity contribution >= 4 is 0 Å². The van der Waals surface area contributed by atoms with E-state index in [1.807, 2.05) is 6.92 Å². The fraction of sp³-hybridized carbons (Fsp3) is 0.846. The zero-order valence-electron chi connectivity index (χ0n) is 11.7. The van der Waals surface area contributed by atoms with Gasteiger partial charge in [0, 0.05) is 0 Å². The molecule has 0 aromatic carbocycles. The third kappa shape index (κ3) is 15.5. The summed E-state index contributed by atoms with van der Waals surface area (Å²) in [6.07, 6.45) is -0.987. The van der Waals surface area contributed by atoms with Crippen molar-refractivity contribution in [1.82, 2.24) is 4.90 Å². The Bertz CT molecular complexity index is 167. The Labute approximate surface area is 105 Å². The lowest BCUT2D eigenvalue weighted by molar-refractivity contribution is 0.0329. The van der Waals surface area contributed by atoms with E-state index in [1.165, 1.54) is 19.6 Å². The second-order valence-electron chi connectivity index (χ2n) is 3.90. The van der Waals surface area contributed by atoms with Crippen LogP contribution in [0.1, 0.15) is 27.7 Å². The molecule has 0 heterocycles. The van der Waals surface area contributed by atoms with Crippen LogP contribution in [0.25, 0.3) is 0 Å². The first kappa shape index (κ1) is 18.9. The SMILES string of the molecule is C=C(C)COCC(O)CF.CCN(CC)CC. The van der Waals surface area contributed by atoms with Crippen LogP contribution < -0.4 is 0 Å². The number of hydrogen-bond donors (Lipinski definition) is 1. The molecule has 0 radical (unpaired) electrons. The summed E-state index contributed by atoms with van der Waals surface area (Å²) >= 11 is 0. The first-order chi connectivity index (χ1) is 8.01. The Balaban J connectivity index is 0. The lowest BCUT2D eigenvalue weighted by atomic mass is 10.4. The van der Waals surface area contributed by atoms with E-state index in [9.17, 15) is 4.39 Å². The van der Waals surface area contributed by atoms with E-state index in [0.29, 0.717) is 6.61 Å². The van der Waals surface area contributed by atoms with Gasteiger partial charge in [0.1, 0.15) is 12.8 Å². The second kappa shape index (κ2) is 13.6. The van der Waals surface area contributed by atoms with E-state index in [1.54, 1.807) is 0 Å². The highest BCUT2D eigenvalue weighted by Crippen LogP contribution is 1.91. The Morgan fingerprint density at radius 2 is 1.76 bits per heavy atom. The van der Waals surface area contributed by atoms with Crippen LogP contribution in [0, 0.1) is 0 Å². The minimum Gasteiger partial charge on any atom is -0.388 e. The number of rotatable bonds is 8. The Hall–Kier alpha value is -0.450. The summed E-state index contributed by atoms with van der Waals surface area (Å²) in [5.41, 5.74) is 0.867. The lowest BCUT2D eigenvalue weighted by Gasteiger charge is -2.13. The average Bonchev–Trinajstić information content (AvgIpc) is 2.31. The summed E-state index contributed by atoms with van der Waals surface area (Å²) in [6, 6.07) is 0. The fourth-order valence-corrected chi connectivity index (χ4v) is 1.08. The van der Waals surface area contributed by atoms with E-state index in [2.05, 4.69) is 32.3 Å². The Morgan fingerprint density at radius 3 is 2.00 bits per heavy atom. The molecule has 0 amide bonds. The van der Waals surface area contributed by atoms with Crippen LogP contribution in [-0.2, 0) is 4.74 Å². The van der Waals surface area contributed by atoms with Crippen LogP contribution in [0.5, 0.6) is 0 Å². The molecule has 0 aliphatic heterocycles. The van der Waals surface area contributed by atoms with Gasteiger partial charge in [0.2, 0.25) is 0 Å². The third-order valence-corrected chi connectivity index (χ3v) is 2.18. The summed E-state index contributed by atoms with van der Waals surface area (Å²) in [5, 5.41) is 8.64. The van der Waals surface area contributed by atoms with Gasteiger partial charge in [-0.2, -0.15) is 0 Å². The second-order valence-corrected chi connectivity index (χ2v) is 3.90. The van der Waals surface area contributed by atoms with Crippen molar-refractivity contribution in [3.8, 4) is 0 Å². The van der Waals surface area contributed by atoms with Crippen LogP contribution in [-0.4, -0.2) is 55.6 Å². The van der Waals surface area contributed by atoms with E-state index in [0.717, 1.165) is 5.57 Å². The summed E-state index contributed by atoms with van der Waals surface area (Å²) < 4.78 is 16.4. The van der Waals surface area contributed by atoms with Crippen LogP contribution >= 0.6 is 0 Å². The molecule has 0 fully saturated rings. The molecule has 1 unspecified atom stereocenters. The number of hydrogen-bond acceptors (Lipinski definition) is 3. The number of halogens is 1. The van der Waals surface area contributed by atoms with Gasteiger partial charge in [-0.05, 0) is 26.6 Å². The van der Waals surface area contributed by atoms with E-state index < -0.39 is 12.8 Å². The van der Waals surface area contributed by atoms with Gasteiger partial charge in [-0.1, -0.05) is 32.9 Å². The van der Waals surface area contributed by atoms with E-state index in [4.69, 9.17) is 9.84 Å². The van der Waals surface area contributed by atoms with Crippen molar-refractivity contribution in [3.05, 3.63) is 12.2 Å². The molecule has 0 aliphatic rings. The smallest absolute Gasteiger partial charge is 0.118 e. The highest BCUT2D eigenvalue weighted by Gasteiger charge is 2.01. The molecule has 17 heavy (non-hydrogen) atoms. The molecular weight excluding hydrogens is 221 g/mol. The molecule has 104 valence electrons. The molecule has 0 spiro atoms. The summed E-state index contributed by atoms with van der Waals surface area (Å²) in [5.74, 6) is 0. The zero-order valence-corrected chi connectivity index (χ0v) is 11.7. The maximum Gasteiger partial charge on any atom is 0.118 e. The molecule has 0 aromatic heterocycles. The number of ether oxygens (including phenoxy) is 1. The highest BCUT2D eigenvalue weighted by molar-refractivity contribution is 4.87. The molecule has 0 rings (SSSR count). The minimum absolute atomic E-state index is 0.0450. The maximum absolute atomic E-state index is 11.6. The Kier molecular flexibility index (Phi) is 15.1. The van der Waals surface area contributed by atoms with Gasteiger partial charge in [0.25, 0.3) is 0 Å². The van der Waals surface area contributed by atoms with Crippen LogP contribution in [0.15, 0.2) is 12.2 Å². The van der Waals surface area contributed by atoms with Gasteiger partial charge in [0.15, 0.2) is 0 Å². The largest absolute Gasteiger partial charge is 0.388 e. The van der Waals surface area contributed by atoms with Gasteiger partial charge < -0.3 is 14.7 Å². The van der Waals surface area contributed by atoms with Gasteiger partial charge in [-0.3, -0.25) is 0 Å².